The number of phenolic OH excluding ortho intramolecular Hbond substituents is 1. The van der Waals surface area contributed by atoms with Gasteiger partial charge in [-0.25, -0.2) is 8.42 Å². The Morgan fingerprint density at radius 3 is 2.38 bits per heavy atom. The van der Waals surface area contributed by atoms with Crippen LogP contribution in [0.5, 0.6) is 5.75 Å². The lowest BCUT2D eigenvalue weighted by atomic mass is 10.1. The molecule has 2 N–H and O–H groups in total. The van der Waals surface area contributed by atoms with Crippen LogP contribution in [0.15, 0.2) is 53.4 Å². The topological polar surface area (TPSA) is 66.4 Å². The molecule has 0 fully saturated rings. The molecule has 0 saturated heterocycles. The fourth-order valence-electron chi connectivity index (χ4n) is 2.61. The normalized spacial score (nSPS) is 11.6. The Balaban J connectivity index is 2.16. The maximum atomic E-state index is 12.8. The first-order valence-corrected chi connectivity index (χ1v) is 9.16. The van der Waals surface area contributed by atoms with Crippen LogP contribution < -0.4 is 4.72 Å². The predicted molar refractivity (Wildman–Crippen MR) is 97.3 cm³/mol. The highest BCUT2D eigenvalue weighted by Crippen LogP contribution is 2.38. The fourth-order valence-corrected chi connectivity index (χ4v) is 4.22. The van der Waals surface area contributed by atoms with E-state index in [4.69, 9.17) is 11.6 Å². The van der Waals surface area contributed by atoms with Gasteiger partial charge in [0.25, 0.3) is 10.0 Å². The van der Waals surface area contributed by atoms with Crippen LogP contribution in [0, 0.1) is 13.8 Å². The summed E-state index contributed by atoms with van der Waals surface area (Å²) < 4.78 is 28.2. The van der Waals surface area contributed by atoms with Crippen molar-refractivity contribution in [2.24, 2.45) is 0 Å². The van der Waals surface area contributed by atoms with Gasteiger partial charge in [-0.1, -0.05) is 48.0 Å². The highest BCUT2D eigenvalue weighted by Gasteiger charge is 2.19. The third-order valence-electron chi connectivity index (χ3n) is 3.85. The second kappa shape index (κ2) is 6.00. The van der Waals surface area contributed by atoms with Crippen molar-refractivity contribution in [1.29, 1.82) is 0 Å². The van der Waals surface area contributed by atoms with Gasteiger partial charge in [0.05, 0.1) is 15.6 Å². The SMILES string of the molecule is Cc1ccc(C)c(S(=O)(=O)Nc2cc(Cl)c(O)c3ccccc23)c1. The zero-order valence-electron chi connectivity index (χ0n) is 13.2. The van der Waals surface area contributed by atoms with Crippen LogP contribution in [0.4, 0.5) is 5.69 Å². The number of benzene rings is 3. The van der Waals surface area contributed by atoms with Gasteiger partial charge >= 0.3 is 0 Å². The van der Waals surface area contributed by atoms with Crippen molar-refractivity contribution in [3.63, 3.8) is 0 Å². The summed E-state index contributed by atoms with van der Waals surface area (Å²) in [6.07, 6.45) is 0. The summed E-state index contributed by atoms with van der Waals surface area (Å²) in [6, 6.07) is 13.6. The first-order valence-electron chi connectivity index (χ1n) is 7.30. The first-order chi connectivity index (χ1) is 11.3. The number of rotatable bonds is 3. The van der Waals surface area contributed by atoms with Gasteiger partial charge in [0.1, 0.15) is 5.75 Å². The van der Waals surface area contributed by atoms with Crippen LogP contribution in [-0.2, 0) is 10.0 Å². The van der Waals surface area contributed by atoms with Crippen molar-refractivity contribution < 1.29 is 13.5 Å². The fraction of sp³-hybridized carbons (Fsp3) is 0.111. The molecule has 0 heterocycles. The van der Waals surface area contributed by atoms with Gasteiger partial charge in [0.15, 0.2) is 0 Å². The molecule has 0 bridgehead atoms. The summed E-state index contributed by atoms with van der Waals surface area (Å²) in [5, 5.41) is 11.2. The predicted octanol–water partition coefficient (Wildman–Crippen LogP) is 4.62. The van der Waals surface area contributed by atoms with Crippen molar-refractivity contribution >= 4 is 38.1 Å². The van der Waals surface area contributed by atoms with Gasteiger partial charge in [-0.3, -0.25) is 4.72 Å². The van der Waals surface area contributed by atoms with E-state index in [1.165, 1.54) is 6.07 Å². The molecule has 0 radical (unpaired) electrons. The number of nitrogens with one attached hydrogen (secondary N) is 1. The zero-order valence-corrected chi connectivity index (χ0v) is 14.7. The van der Waals surface area contributed by atoms with E-state index in [1.807, 2.05) is 13.0 Å². The van der Waals surface area contributed by atoms with Gasteiger partial charge in [0, 0.05) is 10.8 Å². The van der Waals surface area contributed by atoms with E-state index in [1.54, 1.807) is 43.3 Å². The standard InChI is InChI=1S/C18H16ClNO3S/c1-11-7-8-12(2)17(9-11)24(22,23)20-16-10-15(19)18(21)14-6-4-3-5-13(14)16/h3-10,20-21H,1-2H3. The summed E-state index contributed by atoms with van der Waals surface area (Å²) in [5.74, 6) is -0.0676. The van der Waals surface area contributed by atoms with Gasteiger partial charge in [-0.05, 0) is 37.1 Å². The molecule has 3 aromatic rings. The van der Waals surface area contributed by atoms with E-state index < -0.39 is 10.0 Å². The van der Waals surface area contributed by atoms with E-state index in [9.17, 15) is 13.5 Å². The second-order valence-corrected chi connectivity index (χ2v) is 7.73. The quantitative estimate of drug-likeness (QED) is 0.669. The number of aromatic hydroxyl groups is 1. The van der Waals surface area contributed by atoms with Crippen molar-refractivity contribution in [3.05, 3.63) is 64.7 Å². The molecule has 0 unspecified atom stereocenters. The molecular weight excluding hydrogens is 346 g/mol. The molecule has 0 aliphatic rings. The van der Waals surface area contributed by atoms with Crippen LogP contribution in [0.3, 0.4) is 0 Å². The van der Waals surface area contributed by atoms with Crippen molar-refractivity contribution in [2.45, 2.75) is 18.7 Å². The van der Waals surface area contributed by atoms with Gasteiger partial charge in [-0.2, -0.15) is 0 Å². The number of sulfonamides is 1. The molecule has 0 atom stereocenters. The second-order valence-electron chi connectivity index (χ2n) is 5.67. The van der Waals surface area contributed by atoms with Gasteiger partial charge < -0.3 is 5.11 Å². The maximum Gasteiger partial charge on any atom is 0.262 e. The number of halogens is 1. The Morgan fingerprint density at radius 2 is 1.67 bits per heavy atom. The van der Waals surface area contributed by atoms with Gasteiger partial charge in [0.2, 0.25) is 0 Å². The highest BCUT2D eigenvalue weighted by atomic mass is 35.5. The monoisotopic (exact) mass is 361 g/mol. The molecule has 6 heteroatoms. The lowest BCUT2D eigenvalue weighted by Crippen LogP contribution is -2.14. The van der Waals surface area contributed by atoms with Crippen LogP contribution >= 0.6 is 11.6 Å². The highest BCUT2D eigenvalue weighted by molar-refractivity contribution is 7.92. The van der Waals surface area contributed by atoms with E-state index in [0.717, 1.165) is 5.56 Å². The van der Waals surface area contributed by atoms with E-state index in [-0.39, 0.29) is 15.7 Å². The minimum Gasteiger partial charge on any atom is -0.506 e. The average Bonchev–Trinajstić information content (AvgIpc) is 2.54. The molecule has 0 spiro atoms. The molecule has 0 aliphatic carbocycles. The summed E-state index contributed by atoms with van der Waals surface area (Å²) in [4.78, 5) is 0.218. The smallest absolute Gasteiger partial charge is 0.262 e. The minimum atomic E-state index is -3.78. The van der Waals surface area contributed by atoms with Gasteiger partial charge in [-0.15, -0.1) is 0 Å². The van der Waals surface area contributed by atoms with Crippen LogP contribution in [0.1, 0.15) is 11.1 Å². The Morgan fingerprint density at radius 1 is 1.00 bits per heavy atom. The van der Waals surface area contributed by atoms with E-state index in [2.05, 4.69) is 4.72 Å². The zero-order chi connectivity index (χ0) is 17.5. The Bertz CT molecular complexity index is 1050. The number of aryl methyl sites for hydroxylation is 2. The third kappa shape index (κ3) is 2.92. The molecule has 4 nitrogen and oxygen atoms in total. The van der Waals surface area contributed by atoms with E-state index >= 15 is 0 Å². The number of phenols is 1. The molecule has 0 aliphatic heterocycles. The number of hydrogen-bond acceptors (Lipinski definition) is 3. The number of hydrogen-bond donors (Lipinski definition) is 2. The molecule has 3 rings (SSSR count). The van der Waals surface area contributed by atoms with Crippen LogP contribution in [0.25, 0.3) is 10.8 Å². The van der Waals surface area contributed by atoms with Crippen molar-refractivity contribution in [3.8, 4) is 5.75 Å². The molecule has 3 aromatic carbocycles. The lowest BCUT2D eigenvalue weighted by Gasteiger charge is -2.14. The van der Waals surface area contributed by atoms with Crippen molar-refractivity contribution in [2.75, 3.05) is 4.72 Å². The first kappa shape index (κ1) is 16.6. The van der Waals surface area contributed by atoms with Crippen LogP contribution in [-0.4, -0.2) is 13.5 Å². The average molecular weight is 362 g/mol. The molecule has 24 heavy (non-hydrogen) atoms. The summed E-state index contributed by atoms with van der Waals surface area (Å²) >= 11 is 6.04. The summed E-state index contributed by atoms with van der Waals surface area (Å²) in [7, 11) is -3.78. The minimum absolute atomic E-state index is 0.0676. The molecule has 124 valence electrons. The number of anilines is 1. The van der Waals surface area contributed by atoms with E-state index in [0.29, 0.717) is 22.0 Å². The molecular formula is C18H16ClNO3S. The molecule has 0 aromatic heterocycles. The Hall–Kier alpha value is -2.24. The summed E-state index contributed by atoms with van der Waals surface area (Å²) in [5.41, 5.74) is 1.84. The molecule has 0 saturated carbocycles. The lowest BCUT2D eigenvalue weighted by molar-refractivity contribution is 0.482. The molecule has 0 amide bonds. The van der Waals surface area contributed by atoms with Crippen molar-refractivity contribution in [1.82, 2.24) is 0 Å². The largest absolute Gasteiger partial charge is 0.506 e. The number of fused-ring (bicyclic) bond motifs is 1. The Kier molecular flexibility index (Phi) is 4.15. The third-order valence-corrected chi connectivity index (χ3v) is 5.64. The maximum absolute atomic E-state index is 12.8. The Labute approximate surface area is 145 Å². The summed E-state index contributed by atoms with van der Waals surface area (Å²) in [6.45, 7) is 3.58. The van der Waals surface area contributed by atoms with Crippen LogP contribution in [0.2, 0.25) is 5.02 Å².